The summed E-state index contributed by atoms with van der Waals surface area (Å²) in [6.45, 7) is 8.93. The molecule has 0 bridgehead atoms. The van der Waals surface area contributed by atoms with Gasteiger partial charge in [0.05, 0.1) is 12.2 Å². The van der Waals surface area contributed by atoms with Crippen molar-refractivity contribution in [2.24, 2.45) is 0 Å². The first-order valence-electron chi connectivity index (χ1n) is 6.47. The molecule has 0 saturated carbocycles. The molecule has 5 heteroatoms. The van der Waals surface area contributed by atoms with Crippen LogP contribution >= 0.6 is 11.8 Å². The van der Waals surface area contributed by atoms with Crippen molar-refractivity contribution in [1.82, 2.24) is 9.97 Å². The van der Waals surface area contributed by atoms with Crippen LogP contribution < -0.4 is 10.1 Å². The normalized spacial score (nSPS) is 12.2. The second kappa shape index (κ2) is 8.19. The lowest BCUT2D eigenvalue weighted by Gasteiger charge is -2.16. The molecule has 1 atom stereocenters. The molecule has 0 aliphatic heterocycles. The van der Waals surface area contributed by atoms with Crippen LogP contribution in [0.2, 0.25) is 0 Å². The van der Waals surface area contributed by atoms with E-state index in [4.69, 9.17) is 4.74 Å². The highest BCUT2D eigenvalue weighted by Crippen LogP contribution is 2.21. The van der Waals surface area contributed by atoms with Gasteiger partial charge in [-0.1, -0.05) is 6.92 Å². The fourth-order valence-electron chi connectivity index (χ4n) is 1.57. The van der Waals surface area contributed by atoms with Gasteiger partial charge < -0.3 is 10.1 Å². The van der Waals surface area contributed by atoms with Crippen LogP contribution in [0.1, 0.15) is 32.8 Å². The Kier molecular flexibility index (Phi) is 6.86. The van der Waals surface area contributed by atoms with Gasteiger partial charge in [-0.2, -0.15) is 11.8 Å². The van der Waals surface area contributed by atoms with Crippen molar-refractivity contribution in [3.05, 3.63) is 11.9 Å². The van der Waals surface area contributed by atoms with Crippen molar-refractivity contribution < 1.29 is 4.74 Å². The lowest BCUT2D eigenvalue weighted by atomic mass is 10.2. The van der Waals surface area contributed by atoms with Crippen molar-refractivity contribution in [1.29, 1.82) is 0 Å². The quantitative estimate of drug-likeness (QED) is 0.735. The second-order valence-corrected chi connectivity index (χ2v) is 5.51. The van der Waals surface area contributed by atoms with E-state index in [1.54, 1.807) is 6.33 Å². The molecule has 0 amide bonds. The molecule has 0 spiro atoms. The molecule has 18 heavy (non-hydrogen) atoms. The number of nitrogens with zero attached hydrogens (tertiary/aromatic N) is 2. The number of nitrogens with one attached hydrogen (secondary N) is 1. The molecule has 0 aromatic carbocycles. The summed E-state index contributed by atoms with van der Waals surface area (Å²) in [6.07, 6.45) is 2.68. The summed E-state index contributed by atoms with van der Waals surface area (Å²) >= 11 is 1.97. The Morgan fingerprint density at radius 1 is 1.39 bits per heavy atom. The molecule has 1 heterocycles. The highest BCUT2D eigenvalue weighted by atomic mass is 32.2. The number of hydrogen-bond donors (Lipinski definition) is 1. The van der Waals surface area contributed by atoms with Crippen LogP contribution in [0.4, 0.5) is 5.82 Å². The first-order valence-corrected chi connectivity index (χ1v) is 7.63. The highest BCUT2D eigenvalue weighted by molar-refractivity contribution is 7.99. The monoisotopic (exact) mass is 269 g/mol. The van der Waals surface area contributed by atoms with Gasteiger partial charge in [0.25, 0.3) is 0 Å². The predicted octanol–water partition coefficient (Wildman–Crippen LogP) is 3.13. The first-order chi connectivity index (χ1) is 8.69. The molecule has 0 aliphatic rings. The van der Waals surface area contributed by atoms with E-state index >= 15 is 0 Å². The number of rotatable bonds is 8. The van der Waals surface area contributed by atoms with Crippen LogP contribution in [0.25, 0.3) is 0 Å². The van der Waals surface area contributed by atoms with Gasteiger partial charge in [-0.05, 0) is 38.7 Å². The summed E-state index contributed by atoms with van der Waals surface area (Å²) in [5.41, 5.74) is 0.981. The molecule has 0 saturated heterocycles. The van der Waals surface area contributed by atoms with Crippen LogP contribution in [0, 0.1) is 6.92 Å². The van der Waals surface area contributed by atoms with Crippen LogP contribution in [-0.2, 0) is 0 Å². The van der Waals surface area contributed by atoms with E-state index in [0.717, 1.165) is 17.8 Å². The number of hydrogen-bond acceptors (Lipinski definition) is 5. The van der Waals surface area contributed by atoms with E-state index in [0.29, 0.717) is 18.5 Å². The summed E-state index contributed by atoms with van der Waals surface area (Å²) in [4.78, 5) is 8.41. The third kappa shape index (κ3) is 4.72. The van der Waals surface area contributed by atoms with E-state index in [1.807, 2.05) is 25.6 Å². The number of thioether (sulfide) groups is 1. The summed E-state index contributed by atoms with van der Waals surface area (Å²) in [7, 11) is 0. The third-order valence-corrected chi connectivity index (χ3v) is 3.53. The van der Waals surface area contributed by atoms with Crippen LogP contribution in [-0.4, -0.2) is 34.1 Å². The Labute approximate surface area is 114 Å². The van der Waals surface area contributed by atoms with E-state index in [1.165, 1.54) is 11.5 Å². The lowest BCUT2D eigenvalue weighted by Crippen LogP contribution is -2.18. The van der Waals surface area contributed by atoms with Gasteiger partial charge >= 0.3 is 0 Å². The topological polar surface area (TPSA) is 47.0 Å². The van der Waals surface area contributed by atoms with Crippen molar-refractivity contribution in [3.8, 4) is 5.88 Å². The van der Waals surface area contributed by atoms with E-state index in [9.17, 15) is 0 Å². The minimum Gasteiger partial charge on any atom is -0.478 e. The van der Waals surface area contributed by atoms with Gasteiger partial charge in [0, 0.05) is 6.04 Å². The molecule has 0 aliphatic carbocycles. The van der Waals surface area contributed by atoms with Crippen LogP contribution in [0.15, 0.2) is 6.33 Å². The SMILES string of the molecule is CCOc1ncnc(NC(C)CCSCC)c1C. The Bertz CT molecular complexity index is 360. The van der Waals surface area contributed by atoms with E-state index < -0.39 is 0 Å². The molecule has 0 fully saturated rings. The molecule has 4 nitrogen and oxygen atoms in total. The standard InChI is InChI=1S/C13H23N3OS/c1-5-17-13-11(4)12(14-9-15-13)16-10(3)7-8-18-6-2/h9-10H,5-8H2,1-4H3,(H,14,15,16). The van der Waals surface area contributed by atoms with Crippen molar-refractivity contribution in [3.63, 3.8) is 0 Å². The summed E-state index contributed by atoms with van der Waals surface area (Å²) < 4.78 is 5.46. The van der Waals surface area contributed by atoms with Gasteiger partial charge in [-0.3, -0.25) is 0 Å². The number of aromatic nitrogens is 2. The predicted molar refractivity (Wildman–Crippen MR) is 78.6 cm³/mol. The van der Waals surface area contributed by atoms with Crippen molar-refractivity contribution in [2.45, 2.75) is 40.2 Å². The van der Waals surface area contributed by atoms with E-state index in [-0.39, 0.29) is 0 Å². The van der Waals surface area contributed by atoms with Gasteiger partial charge in [0.1, 0.15) is 12.1 Å². The molecular weight excluding hydrogens is 246 g/mol. The van der Waals surface area contributed by atoms with Gasteiger partial charge in [-0.25, -0.2) is 9.97 Å². The maximum absolute atomic E-state index is 5.46. The summed E-state index contributed by atoms with van der Waals surface area (Å²) in [5, 5.41) is 3.42. The average molecular weight is 269 g/mol. The Balaban J connectivity index is 2.58. The molecule has 1 N–H and O–H groups in total. The number of anilines is 1. The molecule has 1 rings (SSSR count). The third-order valence-electron chi connectivity index (χ3n) is 2.60. The van der Waals surface area contributed by atoms with Crippen LogP contribution in [0.3, 0.4) is 0 Å². The zero-order chi connectivity index (χ0) is 13.4. The first kappa shape index (κ1) is 15.1. The molecule has 0 radical (unpaired) electrons. The average Bonchev–Trinajstić information content (AvgIpc) is 2.35. The highest BCUT2D eigenvalue weighted by Gasteiger charge is 2.10. The van der Waals surface area contributed by atoms with Crippen LogP contribution in [0.5, 0.6) is 5.88 Å². The van der Waals surface area contributed by atoms with Gasteiger partial charge in [0.2, 0.25) is 5.88 Å². The molecular formula is C13H23N3OS. The summed E-state index contributed by atoms with van der Waals surface area (Å²) in [6, 6.07) is 0.409. The second-order valence-electron chi connectivity index (χ2n) is 4.12. The Morgan fingerprint density at radius 3 is 2.83 bits per heavy atom. The fourth-order valence-corrected chi connectivity index (χ4v) is 2.38. The Morgan fingerprint density at radius 2 is 2.17 bits per heavy atom. The minimum absolute atomic E-state index is 0.409. The lowest BCUT2D eigenvalue weighted by molar-refractivity contribution is 0.324. The van der Waals surface area contributed by atoms with Gasteiger partial charge in [0.15, 0.2) is 0 Å². The largest absolute Gasteiger partial charge is 0.478 e. The zero-order valence-electron chi connectivity index (χ0n) is 11.7. The van der Waals surface area contributed by atoms with E-state index in [2.05, 4.69) is 29.1 Å². The molecule has 1 aromatic rings. The summed E-state index contributed by atoms with van der Waals surface area (Å²) in [5.74, 6) is 3.90. The minimum atomic E-state index is 0.409. The maximum Gasteiger partial charge on any atom is 0.221 e. The number of ether oxygens (including phenoxy) is 1. The Hall–Kier alpha value is -0.970. The van der Waals surface area contributed by atoms with Crippen molar-refractivity contribution in [2.75, 3.05) is 23.4 Å². The molecule has 102 valence electrons. The molecule has 1 aromatic heterocycles. The van der Waals surface area contributed by atoms with Crippen molar-refractivity contribution >= 4 is 17.6 Å². The smallest absolute Gasteiger partial charge is 0.221 e. The fraction of sp³-hybridized carbons (Fsp3) is 0.692. The zero-order valence-corrected chi connectivity index (χ0v) is 12.5. The molecule has 1 unspecified atom stereocenters. The van der Waals surface area contributed by atoms with Gasteiger partial charge in [-0.15, -0.1) is 0 Å². The maximum atomic E-state index is 5.46.